The monoisotopic (exact) mass is 260 g/mol. The summed E-state index contributed by atoms with van der Waals surface area (Å²) in [6.45, 7) is 1.55. The maximum atomic E-state index is 12.1. The Morgan fingerprint density at radius 2 is 2.16 bits per heavy atom. The fraction of sp³-hybridized carbons (Fsp3) is 0.167. The first kappa shape index (κ1) is 12.7. The minimum absolute atomic E-state index is 0.307. The second kappa shape index (κ2) is 4.89. The quantitative estimate of drug-likeness (QED) is 0.786. The summed E-state index contributed by atoms with van der Waals surface area (Å²) in [4.78, 5) is 38.1. The minimum Gasteiger partial charge on any atom is -0.351 e. The van der Waals surface area contributed by atoms with Gasteiger partial charge in [0.05, 0.1) is 17.2 Å². The highest BCUT2D eigenvalue weighted by atomic mass is 16.2. The number of amides is 3. The van der Waals surface area contributed by atoms with Crippen LogP contribution < -0.4 is 16.6 Å². The summed E-state index contributed by atoms with van der Waals surface area (Å²) >= 11 is 0. The Morgan fingerprint density at radius 3 is 2.84 bits per heavy atom. The Kier molecular flexibility index (Phi) is 3.28. The molecule has 0 aliphatic heterocycles. The lowest BCUT2D eigenvalue weighted by molar-refractivity contribution is -0.120. The van der Waals surface area contributed by atoms with E-state index in [4.69, 9.17) is 5.73 Å². The van der Waals surface area contributed by atoms with Gasteiger partial charge in [-0.25, -0.2) is 9.78 Å². The summed E-state index contributed by atoms with van der Waals surface area (Å²) in [5.74, 6) is -0.664. The number of aromatic nitrogens is 2. The molecule has 0 aliphatic carbocycles. The predicted molar refractivity (Wildman–Crippen MR) is 68.5 cm³/mol. The Hall–Kier alpha value is -2.70. The third-order valence-corrected chi connectivity index (χ3v) is 2.56. The first-order chi connectivity index (χ1) is 8.97. The third kappa shape index (κ3) is 2.76. The van der Waals surface area contributed by atoms with Crippen molar-refractivity contribution < 1.29 is 9.59 Å². The van der Waals surface area contributed by atoms with Gasteiger partial charge in [0.15, 0.2) is 0 Å². The van der Waals surface area contributed by atoms with Gasteiger partial charge in [0, 0.05) is 0 Å². The smallest absolute Gasteiger partial charge is 0.318 e. The van der Waals surface area contributed by atoms with Gasteiger partial charge in [-0.3, -0.25) is 19.5 Å². The highest BCUT2D eigenvalue weighted by molar-refractivity contribution is 5.93. The molecule has 2 aromatic rings. The normalized spacial score (nSPS) is 10.4. The van der Waals surface area contributed by atoms with Crippen LogP contribution in [0.3, 0.4) is 0 Å². The number of rotatable bonds is 2. The number of carbonyl (C=O) groups excluding carboxylic acids is 2. The molecule has 98 valence electrons. The van der Waals surface area contributed by atoms with Crippen LogP contribution in [0.2, 0.25) is 0 Å². The van der Waals surface area contributed by atoms with E-state index in [1.165, 1.54) is 6.33 Å². The summed E-state index contributed by atoms with van der Waals surface area (Å²) in [6.07, 6.45) is 1.26. The topological polar surface area (TPSA) is 107 Å². The highest BCUT2D eigenvalue weighted by Crippen LogP contribution is 2.08. The van der Waals surface area contributed by atoms with Gasteiger partial charge < -0.3 is 5.73 Å². The fourth-order valence-electron chi connectivity index (χ4n) is 1.72. The number of hydrogen-bond acceptors (Lipinski definition) is 4. The predicted octanol–water partition coefficient (Wildman–Crippen LogP) is -0.100. The number of urea groups is 1. The molecular formula is C12H12N4O3. The molecule has 2 rings (SSSR count). The zero-order valence-corrected chi connectivity index (χ0v) is 10.2. The Labute approximate surface area is 108 Å². The Morgan fingerprint density at radius 1 is 1.42 bits per heavy atom. The molecule has 7 heteroatoms. The van der Waals surface area contributed by atoms with Crippen LogP contribution in [0.25, 0.3) is 10.9 Å². The van der Waals surface area contributed by atoms with E-state index in [9.17, 15) is 14.4 Å². The van der Waals surface area contributed by atoms with Crippen LogP contribution in [0.4, 0.5) is 4.79 Å². The van der Waals surface area contributed by atoms with E-state index < -0.39 is 11.9 Å². The largest absolute Gasteiger partial charge is 0.351 e. The van der Waals surface area contributed by atoms with E-state index in [1.54, 1.807) is 12.1 Å². The molecule has 0 bridgehead atoms. The van der Waals surface area contributed by atoms with Gasteiger partial charge in [0.1, 0.15) is 6.54 Å². The molecule has 7 nitrogen and oxygen atoms in total. The highest BCUT2D eigenvalue weighted by Gasteiger charge is 2.09. The van der Waals surface area contributed by atoms with E-state index in [2.05, 4.69) is 4.98 Å². The molecule has 0 radical (unpaired) electrons. The van der Waals surface area contributed by atoms with Crippen molar-refractivity contribution in [1.82, 2.24) is 14.9 Å². The van der Waals surface area contributed by atoms with Crippen LogP contribution in [0, 0.1) is 6.92 Å². The van der Waals surface area contributed by atoms with E-state index in [-0.39, 0.29) is 12.1 Å². The van der Waals surface area contributed by atoms with Gasteiger partial charge in [-0.15, -0.1) is 0 Å². The SMILES string of the molecule is Cc1ccc2ncn(CC(=O)NC(N)=O)c(=O)c2c1. The van der Waals surface area contributed by atoms with Gasteiger partial charge in [-0.05, 0) is 19.1 Å². The average molecular weight is 260 g/mol. The number of nitrogens with zero attached hydrogens (tertiary/aromatic N) is 2. The minimum atomic E-state index is -0.956. The van der Waals surface area contributed by atoms with Crippen molar-refractivity contribution in [1.29, 1.82) is 0 Å². The molecule has 1 aromatic carbocycles. The van der Waals surface area contributed by atoms with Crippen molar-refractivity contribution in [3.05, 3.63) is 40.4 Å². The first-order valence-electron chi connectivity index (χ1n) is 5.52. The van der Waals surface area contributed by atoms with Crippen molar-refractivity contribution in [3.8, 4) is 0 Å². The zero-order chi connectivity index (χ0) is 14.0. The second-order valence-corrected chi connectivity index (χ2v) is 4.11. The molecule has 0 fully saturated rings. The molecule has 0 saturated carbocycles. The van der Waals surface area contributed by atoms with E-state index in [0.29, 0.717) is 10.9 Å². The summed E-state index contributed by atoms with van der Waals surface area (Å²) in [5.41, 5.74) is 5.96. The number of nitrogens with one attached hydrogen (secondary N) is 1. The van der Waals surface area contributed by atoms with Gasteiger partial charge in [-0.1, -0.05) is 11.6 Å². The number of aryl methyl sites for hydroxylation is 1. The molecule has 0 atom stereocenters. The lowest BCUT2D eigenvalue weighted by Gasteiger charge is -2.06. The Bertz CT molecular complexity index is 720. The van der Waals surface area contributed by atoms with Crippen molar-refractivity contribution in [2.24, 2.45) is 5.73 Å². The van der Waals surface area contributed by atoms with Crippen LogP contribution in [0.1, 0.15) is 5.56 Å². The summed E-state index contributed by atoms with van der Waals surface area (Å²) < 4.78 is 1.13. The molecule has 0 unspecified atom stereocenters. The number of primary amides is 1. The van der Waals surface area contributed by atoms with Crippen molar-refractivity contribution >= 4 is 22.8 Å². The van der Waals surface area contributed by atoms with Gasteiger partial charge in [-0.2, -0.15) is 0 Å². The second-order valence-electron chi connectivity index (χ2n) is 4.11. The van der Waals surface area contributed by atoms with E-state index in [0.717, 1.165) is 10.1 Å². The van der Waals surface area contributed by atoms with Crippen LogP contribution in [-0.2, 0) is 11.3 Å². The van der Waals surface area contributed by atoms with Crippen LogP contribution in [0.15, 0.2) is 29.3 Å². The van der Waals surface area contributed by atoms with E-state index >= 15 is 0 Å². The molecule has 19 heavy (non-hydrogen) atoms. The number of imide groups is 1. The van der Waals surface area contributed by atoms with Crippen LogP contribution >= 0.6 is 0 Å². The number of nitrogens with two attached hydrogens (primary N) is 1. The third-order valence-electron chi connectivity index (χ3n) is 2.56. The van der Waals surface area contributed by atoms with Crippen LogP contribution in [-0.4, -0.2) is 21.5 Å². The number of benzene rings is 1. The number of fused-ring (bicyclic) bond motifs is 1. The van der Waals surface area contributed by atoms with Crippen molar-refractivity contribution in [2.75, 3.05) is 0 Å². The fourth-order valence-corrected chi connectivity index (χ4v) is 1.72. The molecule has 3 amide bonds. The molecule has 0 saturated heterocycles. The Balaban J connectivity index is 2.40. The molecule has 1 heterocycles. The van der Waals surface area contributed by atoms with Crippen molar-refractivity contribution in [2.45, 2.75) is 13.5 Å². The van der Waals surface area contributed by atoms with Crippen molar-refractivity contribution in [3.63, 3.8) is 0 Å². The molecule has 0 aliphatic rings. The maximum Gasteiger partial charge on any atom is 0.318 e. The zero-order valence-electron chi connectivity index (χ0n) is 10.2. The lowest BCUT2D eigenvalue weighted by Crippen LogP contribution is -2.39. The molecule has 0 spiro atoms. The van der Waals surface area contributed by atoms with Gasteiger partial charge in [0.2, 0.25) is 5.91 Å². The average Bonchev–Trinajstić information content (AvgIpc) is 2.32. The molecule has 3 N–H and O–H groups in total. The molecule has 1 aromatic heterocycles. The molecular weight excluding hydrogens is 248 g/mol. The maximum absolute atomic E-state index is 12.1. The van der Waals surface area contributed by atoms with E-state index in [1.807, 2.05) is 18.3 Å². The summed E-state index contributed by atoms with van der Waals surface area (Å²) in [6, 6.07) is 4.33. The summed E-state index contributed by atoms with van der Waals surface area (Å²) in [7, 11) is 0. The number of hydrogen-bond donors (Lipinski definition) is 2. The lowest BCUT2D eigenvalue weighted by atomic mass is 10.2. The van der Waals surface area contributed by atoms with Gasteiger partial charge in [0.25, 0.3) is 5.56 Å². The van der Waals surface area contributed by atoms with Crippen LogP contribution in [0.5, 0.6) is 0 Å². The summed E-state index contributed by atoms with van der Waals surface area (Å²) in [5, 5.41) is 2.32. The standard InChI is InChI=1S/C12H12N4O3/c1-7-2-3-9-8(4-7)11(18)16(6-14-9)5-10(17)15-12(13)19/h2-4,6H,5H2,1H3,(H3,13,15,17,19). The van der Waals surface area contributed by atoms with Gasteiger partial charge >= 0.3 is 6.03 Å². The first-order valence-corrected chi connectivity index (χ1v) is 5.52. The number of carbonyl (C=O) groups is 2.